The highest BCUT2D eigenvalue weighted by Crippen LogP contribution is 2.30. The van der Waals surface area contributed by atoms with Crippen LogP contribution < -0.4 is 5.32 Å². The monoisotopic (exact) mass is 404 g/mol. The molecule has 2 aromatic heterocycles. The smallest absolute Gasteiger partial charge is 0.252 e. The van der Waals surface area contributed by atoms with Gasteiger partial charge in [-0.05, 0) is 48.7 Å². The molecule has 0 spiro atoms. The van der Waals surface area contributed by atoms with E-state index in [9.17, 15) is 4.79 Å². The number of fused-ring (bicyclic) bond motifs is 1. The summed E-state index contributed by atoms with van der Waals surface area (Å²) >= 11 is 6.33. The van der Waals surface area contributed by atoms with Crippen LogP contribution in [0.3, 0.4) is 0 Å². The van der Waals surface area contributed by atoms with E-state index in [-0.39, 0.29) is 5.91 Å². The molecule has 0 aliphatic rings. The largest absolute Gasteiger partial charge is 0.467 e. The molecule has 0 unspecified atom stereocenters. The van der Waals surface area contributed by atoms with E-state index < -0.39 is 0 Å². The molecule has 146 valence electrons. The molecular weight excluding hydrogens is 384 g/mol. The van der Waals surface area contributed by atoms with Crippen molar-refractivity contribution in [1.29, 1.82) is 0 Å². The van der Waals surface area contributed by atoms with E-state index in [1.54, 1.807) is 18.4 Å². The van der Waals surface area contributed by atoms with E-state index in [1.165, 1.54) is 5.56 Å². The molecule has 0 radical (unpaired) electrons. The average molecular weight is 405 g/mol. The number of aromatic nitrogens is 1. The van der Waals surface area contributed by atoms with Crippen LogP contribution in [0.4, 0.5) is 0 Å². The number of carbonyl (C=O) groups is 1. The van der Waals surface area contributed by atoms with Crippen molar-refractivity contribution < 1.29 is 9.21 Å². The van der Waals surface area contributed by atoms with Gasteiger partial charge in [0.15, 0.2) is 0 Å². The van der Waals surface area contributed by atoms with Gasteiger partial charge in [0.1, 0.15) is 5.76 Å². The summed E-state index contributed by atoms with van der Waals surface area (Å²) in [4.78, 5) is 17.9. The number of aryl methyl sites for hydroxylation is 2. The molecule has 0 saturated carbocycles. The van der Waals surface area contributed by atoms with Crippen LogP contribution >= 0.6 is 11.6 Å². The maximum absolute atomic E-state index is 13.0. The van der Waals surface area contributed by atoms with Gasteiger partial charge in [-0.2, -0.15) is 0 Å². The fourth-order valence-electron chi connectivity index (χ4n) is 3.33. The van der Waals surface area contributed by atoms with Gasteiger partial charge in [-0.15, -0.1) is 0 Å². The van der Waals surface area contributed by atoms with Crippen molar-refractivity contribution in [1.82, 2.24) is 10.3 Å². The van der Waals surface area contributed by atoms with Crippen LogP contribution in [0, 0.1) is 6.92 Å². The number of nitrogens with zero attached hydrogens (tertiary/aromatic N) is 1. The van der Waals surface area contributed by atoms with Gasteiger partial charge < -0.3 is 9.73 Å². The zero-order chi connectivity index (χ0) is 20.4. The van der Waals surface area contributed by atoms with E-state index >= 15 is 0 Å². The third-order valence-corrected chi connectivity index (χ3v) is 5.48. The van der Waals surface area contributed by atoms with Gasteiger partial charge in [0.2, 0.25) is 0 Å². The Bertz CT molecular complexity index is 1170. The van der Waals surface area contributed by atoms with Gasteiger partial charge in [0, 0.05) is 16.0 Å². The summed E-state index contributed by atoms with van der Waals surface area (Å²) in [6.07, 6.45) is 2.56. The van der Waals surface area contributed by atoms with Gasteiger partial charge in [-0.1, -0.05) is 48.9 Å². The normalized spacial score (nSPS) is 11.0. The first-order chi connectivity index (χ1) is 14.1. The van der Waals surface area contributed by atoms with Crippen molar-refractivity contribution in [3.05, 3.63) is 88.3 Å². The van der Waals surface area contributed by atoms with Crippen LogP contribution in [0.2, 0.25) is 5.02 Å². The third kappa shape index (κ3) is 3.89. The fraction of sp³-hybridized carbons (Fsp3) is 0.167. The summed E-state index contributed by atoms with van der Waals surface area (Å²) in [6.45, 7) is 4.37. The number of carbonyl (C=O) groups excluding carboxylic acids is 1. The van der Waals surface area contributed by atoms with Crippen molar-refractivity contribution in [2.45, 2.75) is 26.8 Å². The van der Waals surface area contributed by atoms with Crippen molar-refractivity contribution in [3.63, 3.8) is 0 Å². The molecule has 0 atom stereocenters. The minimum absolute atomic E-state index is 0.179. The van der Waals surface area contributed by atoms with E-state index in [2.05, 4.69) is 24.4 Å². The van der Waals surface area contributed by atoms with Crippen molar-refractivity contribution in [3.8, 4) is 11.3 Å². The van der Waals surface area contributed by atoms with Crippen LogP contribution in [-0.2, 0) is 13.0 Å². The lowest BCUT2D eigenvalue weighted by Gasteiger charge is -2.13. The molecule has 0 aliphatic carbocycles. The number of pyridine rings is 1. The number of rotatable bonds is 5. The molecule has 2 aromatic carbocycles. The van der Waals surface area contributed by atoms with Crippen LogP contribution in [-0.4, -0.2) is 10.9 Å². The van der Waals surface area contributed by atoms with Gasteiger partial charge in [-0.25, -0.2) is 4.98 Å². The second-order valence-electron chi connectivity index (χ2n) is 6.94. The fourth-order valence-corrected chi connectivity index (χ4v) is 3.48. The van der Waals surface area contributed by atoms with Gasteiger partial charge in [0.25, 0.3) is 5.91 Å². The van der Waals surface area contributed by atoms with Crippen LogP contribution in [0.5, 0.6) is 0 Å². The molecule has 0 saturated heterocycles. The topological polar surface area (TPSA) is 55.1 Å². The SMILES string of the molecule is CCc1ccc(-c2cc(C(=O)NCc3ccco3)c3ccc(Cl)c(C)c3n2)cc1. The Morgan fingerprint density at radius 1 is 1.14 bits per heavy atom. The van der Waals surface area contributed by atoms with Crippen molar-refractivity contribution >= 4 is 28.4 Å². The highest BCUT2D eigenvalue weighted by atomic mass is 35.5. The average Bonchev–Trinajstić information content (AvgIpc) is 3.28. The lowest BCUT2D eigenvalue weighted by atomic mass is 10.0. The third-order valence-electron chi connectivity index (χ3n) is 5.07. The molecular formula is C24H21ClN2O2. The van der Waals surface area contributed by atoms with Crippen LogP contribution in [0.1, 0.15) is 34.2 Å². The molecule has 5 heteroatoms. The zero-order valence-electron chi connectivity index (χ0n) is 16.3. The first kappa shape index (κ1) is 19.2. The minimum Gasteiger partial charge on any atom is -0.467 e. The first-order valence-electron chi connectivity index (χ1n) is 9.56. The van der Waals surface area contributed by atoms with Crippen molar-refractivity contribution in [2.24, 2.45) is 0 Å². The molecule has 0 fully saturated rings. The lowest BCUT2D eigenvalue weighted by Crippen LogP contribution is -2.23. The Kier molecular flexibility index (Phi) is 5.36. The van der Waals surface area contributed by atoms with Crippen LogP contribution in [0.25, 0.3) is 22.2 Å². The Morgan fingerprint density at radius 2 is 1.93 bits per heavy atom. The van der Waals surface area contributed by atoms with E-state index in [0.29, 0.717) is 22.9 Å². The van der Waals surface area contributed by atoms with E-state index in [0.717, 1.165) is 34.1 Å². The molecule has 1 amide bonds. The summed E-state index contributed by atoms with van der Waals surface area (Å²) in [6, 6.07) is 17.4. The number of nitrogens with one attached hydrogen (secondary N) is 1. The molecule has 29 heavy (non-hydrogen) atoms. The maximum Gasteiger partial charge on any atom is 0.252 e. The summed E-state index contributed by atoms with van der Waals surface area (Å²) in [5.74, 6) is 0.522. The molecule has 4 nitrogen and oxygen atoms in total. The maximum atomic E-state index is 13.0. The van der Waals surface area contributed by atoms with Gasteiger partial charge >= 0.3 is 0 Å². The zero-order valence-corrected chi connectivity index (χ0v) is 17.1. The number of amides is 1. The molecule has 0 aliphatic heterocycles. The number of halogens is 1. The minimum atomic E-state index is -0.179. The summed E-state index contributed by atoms with van der Waals surface area (Å²) < 4.78 is 5.31. The summed E-state index contributed by atoms with van der Waals surface area (Å²) in [5.41, 5.74) is 5.12. The standard InChI is InChI=1S/C24H21ClN2O2/c1-3-16-6-8-17(9-7-16)22-13-20(24(28)26-14-18-5-4-12-29-18)19-10-11-21(25)15(2)23(19)27-22/h4-13H,3,14H2,1-2H3,(H,26,28). The highest BCUT2D eigenvalue weighted by molar-refractivity contribution is 6.32. The molecule has 1 N–H and O–H groups in total. The molecule has 4 rings (SSSR count). The number of hydrogen-bond donors (Lipinski definition) is 1. The Morgan fingerprint density at radius 3 is 2.62 bits per heavy atom. The Balaban J connectivity index is 1.80. The molecule has 4 aromatic rings. The van der Waals surface area contributed by atoms with E-state index in [1.807, 2.05) is 37.3 Å². The number of hydrogen-bond acceptors (Lipinski definition) is 3. The summed E-state index contributed by atoms with van der Waals surface area (Å²) in [5, 5.41) is 4.34. The van der Waals surface area contributed by atoms with Crippen molar-refractivity contribution in [2.75, 3.05) is 0 Å². The highest BCUT2D eigenvalue weighted by Gasteiger charge is 2.16. The first-order valence-corrected chi connectivity index (χ1v) is 9.94. The predicted molar refractivity (Wildman–Crippen MR) is 116 cm³/mol. The predicted octanol–water partition coefficient (Wildman–Crippen LogP) is 5.95. The van der Waals surface area contributed by atoms with Crippen LogP contribution in [0.15, 0.2) is 65.3 Å². The number of benzene rings is 2. The Hall–Kier alpha value is -3.11. The second kappa shape index (κ2) is 8.10. The van der Waals surface area contributed by atoms with Gasteiger partial charge in [-0.3, -0.25) is 4.79 Å². The Labute approximate surface area is 174 Å². The summed E-state index contributed by atoms with van der Waals surface area (Å²) in [7, 11) is 0. The lowest BCUT2D eigenvalue weighted by molar-refractivity contribution is 0.0949. The van der Waals surface area contributed by atoms with Gasteiger partial charge in [0.05, 0.1) is 29.6 Å². The second-order valence-corrected chi connectivity index (χ2v) is 7.34. The van der Waals surface area contributed by atoms with E-state index in [4.69, 9.17) is 21.0 Å². The number of furan rings is 1. The molecule has 2 heterocycles. The molecule has 0 bridgehead atoms. The quantitative estimate of drug-likeness (QED) is 0.447.